The van der Waals surface area contributed by atoms with Crippen LogP contribution >= 0.6 is 0 Å². The fraction of sp³-hybridized carbons (Fsp3) is 0.647. The zero-order valence-corrected chi connectivity index (χ0v) is 13.3. The van der Waals surface area contributed by atoms with Gasteiger partial charge in [-0.1, -0.05) is 32.0 Å². The molecule has 1 atom stereocenters. The quantitative estimate of drug-likeness (QED) is 0.797. The Kier molecular flexibility index (Phi) is 6.02. The zero-order valence-electron chi connectivity index (χ0n) is 13.3. The summed E-state index contributed by atoms with van der Waals surface area (Å²) in [4.78, 5) is 0. The standard InChI is InChI=1S/C17H29NO/c1-7-17(8-2,19-9-3)16(18-6)15-12-10-11-13(4)14(15)5/h10-12,16,18H,7-9H2,1-6H3. The first-order chi connectivity index (χ1) is 9.06. The van der Waals surface area contributed by atoms with E-state index in [9.17, 15) is 0 Å². The third kappa shape index (κ3) is 3.18. The lowest BCUT2D eigenvalue weighted by atomic mass is 9.81. The fourth-order valence-corrected chi connectivity index (χ4v) is 3.02. The minimum atomic E-state index is -0.123. The van der Waals surface area contributed by atoms with Crippen LogP contribution in [0.2, 0.25) is 0 Å². The molecular weight excluding hydrogens is 234 g/mol. The van der Waals surface area contributed by atoms with Gasteiger partial charge in [-0.2, -0.15) is 0 Å². The van der Waals surface area contributed by atoms with Crippen molar-refractivity contribution in [1.82, 2.24) is 5.32 Å². The average molecular weight is 263 g/mol. The van der Waals surface area contributed by atoms with Crippen molar-refractivity contribution in [3.63, 3.8) is 0 Å². The average Bonchev–Trinajstić information content (AvgIpc) is 2.43. The summed E-state index contributed by atoms with van der Waals surface area (Å²) in [6, 6.07) is 6.78. The van der Waals surface area contributed by atoms with Gasteiger partial charge in [-0.3, -0.25) is 0 Å². The van der Waals surface area contributed by atoms with Crippen molar-refractivity contribution < 1.29 is 4.74 Å². The van der Waals surface area contributed by atoms with Crippen molar-refractivity contribution in [3.05, 3.63) is 34.9 Å². The Morgan fingerprint density at radius 2 is 1.79 bits per heavy atom. The molecule has 1 rings (SSSR count). The van der Waals surface area contributed by atoms with E-state index in [1.165, 1.54) is 16.7 Å². The molecule has 2 heteroatoms. The zero-order chi connectivity index (χ0) is 14.5. The monoisotopic (exact) mass is 263 g/mol. The second kappa shape index (κ2) is 7.06. The molecule has 0 spiro atoms. The van der Waals surface area contributed by atoms with Crippen LogP contribution in [-0.2, 0) is 4.74 Å². The lowest BCUT2D eigenvalue weighted by molar-refractivity contribution is -0.0719. The van der Waals surface area contributed by atoms with Crippen LogP contribution in [0.1, 0.15) is 56.3 Å². The van der Waals surface area contributed by atoms with E-state index in [1.807, 2.05) is 7.05 Å². The topological polar surface area (TPSA) is 21.3 Å². The molecule has 0 aliphatic carbocycles. The summed E-state index contributed by atoms with van der Waals surface area (Å²) in [7, 11) is 2.03. The Bertz CT molecular complexity index is 396. The highest BCUT2D eigenvalue weighted by molar-refractivity contribution is 5.36. The highest BCUT2D eigenvalue weighted by atomic mass is 16.5. The summed E-state index contributed by atoms with van der Waals surface area (Å²) in [5.41, 5.74) is 3.95. The Balaban J connectivity index is 3.27. The first-order valence-corrected chi connectivity index (χ1v) is 7.43. The summed E-state index contributed by atoms with van der Waals surface area (Å²) >= 11 is 0. The van der Waals surface area contributed by atoms with Crippen LogP contribution in [0.4, 0.5) is 0 Å². The van der Waals surface area contributed by atoms with Crippen molar-refractivity contribution in [2.75, 3.05) is 13.7 Å². The van der Waals surface area contributed by atoms with E-state index in [0.717, 1.165) is 19.4 Å². The van der Waals surface area contributed by atoms with E-state index in [1.54, 1.807) is 0 Å². The van der Waals surface area contributed by atoms with Gasteiger partial charge in [0.05, 0.1) is 11.6 Å². The summed E-state index contributed by atoms with van der Waals surface area (Å²) < 4.78 is 6.17. The molecule has 0 radical (unpaired) electrons. The van der Waals surface area contributed by atoms with Crippen molar-refractivity contribution in [2.45, 2.75) is 59.1 Å². The van der Waals surface area contributed by atoms with Crippen LogP contribution in [-0.4, -0.2) is 19.3 Å². The fourth-order valence-electron chi connectivity index (χ4n) is 3.02. The molecule has 0 bridgehead atoms. The third-order valence-corrected chi connectivity index (χ3v) is 4.40. The summed E-state index contributed by atoms with van der Waals surface area (Å²) in [5, 5.41) is 3.49. The van der Waals surface area contributed by atoms with E-state index < -0.39 is 0 Å². The van der Waals surface area contributed by atoms with Gasteiger partial charge in [0.2, 0.25) is 0 Å². The molecule has 0 aliphatic rings. The molecule has 1 aromatic rings. The maximum Gasteiger partial charge on any atom is 0.0870 e. The predicted octanol–water partition coefficient (Wildman–Crippen LogP) is 4.16. The molecule has 0 saturated heterocycles. The van der Waals surface area contributed by atoms with Crippen LogP contribution in [0.15, 0.2) is 18.2 Å². The predicted molar refractivity (Wildman–Crippen MR) is 82.7 cm³/mol. The molecule has 2 nitrogen and oxygen atoms in total. The van der Waals surface area contributed by atoms with Gasteiger partial charge in [0.1, 0.15) is 0 Å². The molecule has 19 heavy (non-hydrogen) atoms. The van der Waals surface area contributed by atoms with E-state index in [2.05, 4.69) is 58.1 Å². The summed E-state index contributed by atoms with van der Waals surface area (Å²) in [6.07, 6.45) is 2.02. The van der Waals surface area contributed by atoms with Crippen molar-refractivity contribution >= 4 is 0 Å². The van der Waals surface area contributed by atoms with Gasteiger partial charge in [0.25, 0.3) is 0 Å². The number of nitrogens with one attached hydrogen (secondary N) is 1. The summed E-state index contributed by atoms with van der Waals surface area (Å²) in [5.74, 6) is 0. The number of ether oxygens (including phenoxy) is 1. The van der Waals surface area contributed by atoms with Gasteiger partial charge >= 0.3 is 0 Å². The lowest BCUT2D eigenvalue weighted by Gasteiger charge is -2.40. The molecule has 1 N–H and O–H groups in total. The highest BCUT2D eigenvalue weighted by Gasteiger charge is 2.37. The van der Waals surface area contributed by atoms with Crippen LogP contribution in [0, 0.1) is 13.8 Å². The van der Waals surface area contributed by atoms with Crippen LogP contribution in [0.25, 0.3) is 0 Å². The molecule has 108 valence electrons. The Hall–Kier alpha value is -0.860. The molecule has 0 saturated carbocycles. The van der Waals surface area contributed by atoms with Crippen LogP contribution in [0.3, 0.4) is 0 Å². The normalized spacial score (nSPS) is 13.6. The van der Waals surface area contributed by atoms with Gasteiger partial charge in [-0.15, -0.1) is 0 Å². The smallest absolute Gasteiger partial charge is 0.0870 e. The maximum atomic E-state index is 6.17. The highest BCUT2D eigenvalue weighted by Crippen LogP contribution is 2.37. The van der Waals surface area contributed by atoms with E-state index in [4.69, 9.17) is 4.74 Å². The molecule has 0 amide bonds. The number of rotatable bonds is 7. The molecule has 1 unspecified atom stereocenters. The molecular formula is C17H29NO. The van der Waals surface area contributed by atoms with Gasteiger partial charge < -0.3 is 10.1 Å². The minimum absolute atomic E-state index is 0.123. The first kappa shape index (κ1) is 16.2. The molecule has 0 heterocycles. The van der Waals surface area contributed by atoms with Crippen molar-refractivity contribution in [3.8, 4) is 0 Å². The van der Waals surface area contributed by atoms with Crippen LogP contribution in [0.5, 0.6) is 0 Å². The Morgan fingerprint density at radius 3 is 2.26 bits per heavy atom. The third-order valence-electron chi connectivity index (χ3n) is 4.40. The molecule has 0 aromatic heterocycles. The van der Waals surface area contributed by atoms with E-state index >= 15 is 0 Å². The number of likely N-dealkylation sites (N-methyl/N-ethyl adjacent to an activating group) is 1. The van der Waals surface area contributed by atoms with Gasteiger partial charge in [-0.05, 0) is 57.4 Å². The maximum absolute atomic E-state index is 6.17. The number of hydrogen-bond donors (Lipinski definition) is 1. The van der Waals surface area contributed by atoms with E-state index in [-0.39, 0.29) is 11.6 Å². The van der Waals surface area contributed by atoms with Gasteiger partial charge in [-0.25, -0.2) is 0 Å². The lowest BCUT2D eigenvalue weighted by Crippen LogP contribution is -2.44. The molecule has 1 aromatic carbocycles. The molecule has 0 aliphatic heterocycles. The second-order valence-corrected chi connectivity index (χ2v) is 5.22. The minimum Gasteiger partial charge on any atom is -0.373 e. The van der Waals surface area contributed by atoms with Crippen molar-refractivity contribution in [2.24, 2.45) is 0 Å². The van der Waals surface area contributed by atoms with E-state index in [0.29, 0.717) is 0 Å². The number of aryl methyl sites for hydroxylation is 1. The summed E-state index contributed by atoms with van der Waals surface area (Å²) in [6.45, 7) is 11.6. The van der Waals surface area contributed by atoms with Crippen LogP contribution < -0.4 is 5.32 Å². The SMILES string of the molecule is CCOC(CC)(CC)C(NC)c1cccc(C)c1C. The number of benzene rings is 1. The Labute approximate surface area is 118 Å². The van der Waals surface area contributed by atoms with Crippen molar-refractivity contribution in [1.29, 1.82) is 0 Å². The Morgan fingerprint density at radius 1 is 1.16 bits per heavy atom. The molecule has 0 fully saturated rings. The number of hydrogen-bond acceptors (Lipinski definition) is 2. The van der Waals surface area contributed by atoms with Gasteiger partial charge in [0, 0.05) is 6.61 Å². The van der Waals surface area contributed by atoms with Gasteiger partial charge in [0.15, 0.2) is 0 Å². The first-order valence-electron chi connectivity index (χ1n) is 7.43. The second-order valence-electron chi connectivity index (χ2n) is 5.22. The largest absolute Gasteiger partial charge is 0.373 e.